The van der Waals surface area contributed by atoms with Crippen LogP contribution in [0.3, 0.4) is 0 Å². The van der Waals surface area contributed by atoms with Crippen LogP contribution in [-0.4, -0.2) is 39.0 Å². The van der Waals surface area contributed by atoms with Gasteiger partial charge in [0.2, 0.25) is 10.0 Å². The maximum atomic E-state index is 13.1. The number of hydrogen-bond acceptors (Lipinski definition) is 4. The molecule has 0 aliphatic carbocycles. The molecule has 3 rings (SSSR count). The molecule has 7 heteroatoms. The molecule has 0 radical (unpaired) electrons. The third-order valence-corrected chi connectivity index (χ3v) is 5.61. The van der Waals surface area contributed by atoms with Crippen LogP contribution in [0.25, 0.3) is 12.2 Å². The molecule has 1 amide bonds. The zero-order chi connectivity index (χ0) is 23.7. The second kappa shape index (κ2) is 11.4. The van der Waals surface area contributed by atoms with Gasteiger partial charge in [0.1, 0.15) is 0 Å². The first-order valence-electron chi connectivity index (χ1n) is 10.5. The van der Waals surface area contributed by atoms with Gasteiger partial charge >= 0.3 is 0 Å². The van der Waals surface area contributed by atoms with E-state index in [9.17, 15) is 18.0 Å². The Morgan fingerprint density at radius 3 is 2.12 bits per heavy atom. The first kappa shape index (κ1) is 24.1. The molecule has 3 aromatic carbocycles. The Morgan fingerprint density at radius 1 is 0.848 bits per heavy atom. The standard InChI is InChI=1S/C26H26N2O4S/c1-33(31,32)27-19-25(29)24(18-21-12-6-3-7-13-21)28-26(30)23-15-9-8-14-22(23)17-16-20-10-4-2-5-11-20/h2-17,24,27H,18-19H2,1H3,(H,28,30)/t24-/m0/s1. The number of rotatable bonds is 10. The number of carbonyl (C=O) groups is 2. The molecule has 1 atom stereocenters. The van der Waals surface area contributed by atoms with Crippen LogP contribution in [0.15, 0.2) is 84.9 Å². The molecule has 0 saturated carbocycles. The van der Waals surface area contributed by atoms with Crippen LogP contribution in [0.1, 0.15) is 27.0 Å². The van der Waals surface area contributed by atoms with Crippen molar-refractivity contribution in [2.75, 3.05) is 12.8 Å². The highest BCUT2D eigenvalue weighted by Gasteiger charge is 2.23. The molecule has 2 N–H and O–H groups in total. The fourth-order valence-corrected chi connectivity index (χ4v) is 3.66. The minimum absolute atomic E-state index is 0.249. The summed E-state index contributed by atoms with van der Waals surface area (Å²) in [6.45, 7) is -0.397. The van der Waals surface area contributed by atoms with E-state index >= 15 is 0 Å². The number of Topliss-reactive ketones (excluding diaryl/α,β-unsaturated/α-hetero) is 1. The number of nitrogens with one attached hydrogen (secondary N) is 2. The number of ketones is 1. The Labute approximate surface area is 194 Å². The molecule has 0 saturated heterocycles. The highest BCUT2D eigenvalue weighted by molar-refractivity contribution is 7.88. The number of sulfonamides is 1. The van der Waals surface area contributed by atoms with Crippen molar-refractivity contribution in [2.24, 2.45) is 0 Å². The van der Waals surface area contributed by atoms with Gasteiger partial charge < -0.3 is 5.32 Å². The Hall–Kier alpha value is -3.55. The molecule has 0 bridgehead atoms. The first-order chi connectivity index (χ1) is 15.8. The van der Waals surface area contributed by atoms with E-state index in [0.29, 0.717) is 11.1 Å². The summed E-state index contributed by atoms with van der Waals surface area (Å²) < 4.78 is 25.1. The molecule has 6 nitrogen and oxygen atoms in total. The highest BCUT2D eigenvalue weighted by atomic mass is 32.2. The smallest absolute Gasteiger partial charge is 0.252 e. The molecule has 0 aromatic heterocycles. The number of hydrogen-bond donors (Lipinski definition) is 2. The molecular weight excluding hydrogens is 436 g/mol. The van der Waals surface area contributed by atoms with Gasteiger partial charge in [0, 0.05) is 5.56 Å². The van der Waals surface area contributed by atoms with Gasteiger partial charge in [-0.25, -0.2) is 13.1 Å². The third-order valence-electron chi connectivity index (χ3n) is 4.95. The summed E-state index contributed by atoms with van der Waals surface area (Å²) in [4.78, 5) is 25.9. The van der Waals surface area contributed by atoms with Gasteiger partial charge in [-0.3, -0.25) is 9.59 Å². The van der Waals surface area contributed by atoms with Gasteiger partial charge in [-0.1, -0.05) is 91.0 Å². The van der Waals surface area contributed by atoms with Gasteiger partial charge in [-0.15, -0.1) is 0 Å². The Balaban J connectivity index is 1.81. The molecule has 33 heavy (non-hydrogen) atoms. The zero-order valence-corrected chi connectivity index (χ0v) is 19.1. The summed E-state index contributed by atoms with van der Waals surface area (Å²) in [5, 5.41) is 2.80. The summed E-state index contributed by atoms with van der Waals surface area (Å²) in [7, 11) is -3.54. The van der Waals surface area contributed by atoms with Gasteiger partial charge in [0.05, 0.1) is 18.8 Å². The van der Waals surface area contributed by atoms with Crippen LogP contribution >= 0.6 is 0 Å². The fraction of sp³-hybridized carbons (Fsp3) is 0.154. The van der Waals surface area contributed by atoms with Crippen molar-refractivity contribution in [1.82, 2.24) is 10.0 Å². The van der Waals surface area contributed by atoms with Crippen molar-refractivity contribution < 1.29 is 18.0 Å². The van der Waals surface area contributed by atoms with Crippen LogP contribution in [0.2, 0.25) is 0 Å². The Bertz CT molecular complexity index is 1220. The summed E-state index contributed by atoms with van der Waals surface area (Å²) >= 11 is 0. The minimum atomic E-state index is -3.54. The van der Waals surface area contributed by atoms with Crippen molar-refractivity contribution in [1.29, 1.82) is 0 Å². The largest absolute Gasteiger partial charge is 0.342 e. The average Bonchev–Trinajstić information content (AvgIpc) is 2.82. The quantitative estimate of drug-likeness (QED) is 0.452. The van der Waals surface area contributed by atoms with Crippen LogP contribution in [0.4, 0.5) is 0 Å². The Morgan fingerprint density at radius 2 is 1.45 bits per heavy atom. The molecule has 0 aliphatic rings. The average molecular weight is 463 g/mol. The van der Waals surface area contributed by atoms with Crippen molar-refractivity contribution >= 4 is 33.9 Å². The van der Waals surface area contributed by atoms with E-state index in [1.807, 2.05) is 84.9 Å². The summed E-state index contributed by atoms with van der Waals surface area (Å²) in [6.07, 6.45) is 5.00. The monoisotopic (exact) mass is 462 g/mol. The van der Waals surface area contributed by atoms with E-state index in [2.05, 4.69) is 10.0 Å². The van der Waals surface area contributed by atoms with E-state index in [0.717, 1.165) is 17.4 Å². The first-order valence-corrected chi connectivity index (χ1v) is 12.4. The van der Waals surface area contributed by atoms with Crippen molar-refractivity contribution in [3.63, 3.8) is 0 Å². The number of carbonyl (C=O) groups excluding carboxylic acids is 2. The normalized spacial score (nSPS) is 12.4. The van der Waals surface area contributed by atoms with Gasteiger partial charge in [-0.2, -0.15) is 0 Å². The molecule has 0 aliphatic heterocycles. The molecule has 0 spiro atoms. The molecule has 0 fully saturated rings. The van der Waals surface area contributed by atoms with Gasteiger partial charge in [-0.05, 0) is 29.2 Å². The van der Waals surface area contributed by atoms with E-state index in [-0.39, 0.29) is 6.42 Å². The SMILES string of the molecule is CS(=O)(=O)NCC(=O)[C@H](Cc1ccccc1)NC(=O)c1ccccc1C=Cc1ccccc1. The molecular formula is C26H26N2O4S. The van der Waals surface area contributed by atoms with E-state index in [1.54, 1.807) is 12.1 Å². The molecule has 3 aromatic rings. The van der Waals surface area contributed by atoms with Crippen LogP contribution in [0, 0.1) is 0 Å². The topological polar surface area (TPSA) is 92.3 Å². The molecule has 0 unspecified atom stereocenters. The summed E-state index contributed by atoms with van der Waals surface area (Å²) in [5.41, 5.74) is 2.98. The van der Waals surface area contributed by atoms with Crippen LogP contribution < -0.4 is 10.0 Å². The fourth-order valence-electron chi connectivity index (χ4n) is 3.26. The van der Waals surface area contributed by atoms with Gasteiger partial charge in [0.25, 0.3) is 5.91 Å². The predicted molar refractivity (Wildman–Crippen MR) is 131 cm³/mol. The maximum absolute atomic E-state index is 13.1. The summed E-state index contributed by atoms with van der Waals surface area (Å²) in [6, 6.07) is 25.2. The maximum Gasteiger partial charge on any atom is 0.252 e. The van der Waals surface area contributed by atoms with Gasteiger partial charge in [0.15, 0.2) is 5.78 Å². The van der Waals surface area contributed by atoms with Crippen molar-refractivity contribution in [3.05, 3.63) is 107 Å². The lowest BCUT2D eigenvalue weighted by Gasteiger charge is -2.19. The summed E-state index contributed by atoms with van der Waals surface area (Å²) in [5.74, 6) is -0.827. The third kappa shape index (κ3) is 7.82. The van der Waals surface area contributed by atoms with E-state index in [4.69, 9.17) is 0 Å². The molecule has 0 heterocycles. The predicted octanol–water partition coefficient (Wildman–Crippen LogP) is 3.32. The lowest BCUT2D eigenvalue weighted by atomic mass is 10.0. The highest BCUT2D eigenvalue weighted by Crippen LogP contribution is 2.14. The van der Waals surface area contributed by atoms with Crippen molar-refractivity contribution in [2.45, 2.75) is 12.5 Å². The minimum Gasteiger partial charge on any atom is -0.342 e. The molecule has 170 valence electrons. The van der Waals surface area contributed by atoms with E-state index in [1.165, 1.54) is 0 Å². The second-order valence-corrected chi connectivity index (χ2v) is 9.44. The lowest BCUT2D eigenvalue weighted by Crippen LogP contribution is -2.46. The number of amides is 1. The van der Waals surface area contributed by atoms with Crippen molar-refractivity contribution in [3.8, 4) is 0 Å². The number of benzene rings is 3. The van der Waals surface area contributed by atoms with E-state index < -0.39 is 34.3 Å². The zero-order valence-electron chi connectivity index (χ0n) is 18.3. The lowest BCUT2D eigenvalue weighted by molar-refractivity contribution is -0.119. The van der Waals surface area contributed by atoms with Crippen LogP contribution in [0.5, 0.6) is 0 Å². The second-order valence-electron chi connectivity index (χ2n) is 7.61. The van der Waals surface area contributed by atoms with Crippen LogP contribution in [-0.2, 0) is 21.2 Å². The Kier molecular flexibility index (Phi) is 8.29.